The van der Waals surface area contributed by atoms with Crippen LogP contribution in [-0.2, 0) is 24.4 Å². The Labute approximate surface area is 296 Å². The molecule has 278 valence electrons. The Hall–Kier alpha value is -4.21. The maximum Gasteiger partial charge on any atom is 0.405 e. The molecule has 4 N–H and O–H groups in total. The molecule has 2 saturated heterocycles. The van der Waals surface area contributed by atoms with E-state index in [-0.39, 0.29) is 49.9 Å². The number of rotatable bonds is 8. The van der Waals surface area contributed by atoms with Crippen molar-refractivity contribution >= 4 is 44.6 Å². The second-order valence-corrected chi connectivity index (χ2v) is 16.9. The van der Waals surface area contributed by atoms with E-state index < -0.39 is 74.9 Å². The topological polar surface area (TPSA) is 193 Å². The van der Waals surface area contributed by atoms with E-state index >= 15 is 0 Å². The second kappa shape index (κ2) is 14.1. The molecule has 0 radical (unpaired) electrons. The van der Waals surface area contributed by atoms with Crippen LogP contribution < -0.4 is 24.8 Å². The number of alkyl halides is 1. The number of nitrogens with zero attached hydrogens (tertiary/aromatic N) is 2. The zero-order chi connectivity index (χ0) is 36.7. The van der Waals surface area contributed by atoms with Gasteiger partial charge in [0.25, 0.3) is 5.91 Å². The number of nitrogens with one attached hydrogen (secondary N) is 3. The van der Waals surface area contributed by atoms with E-state index in [1.807, 2.05) is 25.1 Å². The van der Waals surface area contributed by atoms with Crippen molar-refractivity contribution in [3.8, 4) is 11.6 Å². The minimum Gasteiger partial charge on any atom is -0.494 e. The summed E-state index contributed by atoms with van der Waals surface area (Å²) in [7, 11) is -2.83. The number of ether oxygens (including phenoxy) is 2. The quantitative estimate of drug-likeness (QED) is 0.313. The Kier molecular flexibility index (Phi) is 10.1. The third-order valence-electron chi connectivity index (χ3n) is 11.2. The molecule has 0 spiro atoms. The van der Waals surface area contributed by atoms with E-state index in [1.165, 1.54) is 18.2 Å². The molecule has 14 nitrogen and oxygen atoms in total. The number of pyridine rings is 1. The number of halogens is 1. The molecule has 0 bridgehead atoms. The number of hydrogen-bond acceptors (Lipinski definition) is 9. The van der Waals surface area contributed by atoms with Gasteiger partial charge in [0.2, 0.25) is 27.7 Å². The van der Waals surface area contributed by atoms with Crippen molar-refractivity contribution in [1.29, 1.82) is 0 Å². The first-order chi connectivity index (χ1) is 24.2. The first-order valence-corrected chi connectivity index (χ1v) is 19.1. The molecule has 16 heteroatoms. The molecule has 2 aliphatic heterocycles. The summed E-state index contributed by atoms with van der Waals surface area (Å²) in [5.41, 5.74) is -1.57. The minimum atomic E-state index is -4.36. The van der Waals surface area contributed by atoms with Crippen LogP contribution in [0.25, 0.3) is 10.8 Å². The Morgan fingerprint density at radius 3 is 2.49 bits per heavy atom. The van der Waals surface area contributed by atoms with E-state index in [0.717, 1.165) is 18.2 Å². The van der Waals surface area contributed by atoms with Gasteiger partial charge in [-0.3, -0.25) is 19.1 Å². The molecule has 4 amide bonds. The molecule has 1 aromatic carbocycles. The van der Waals surface area contributed by atoms with Crippen LogP contribution in [-0.4, -0.2) is 96.0 Å². The van der Waals surface area contributed by atoms with Gasteiger partial charge in [0, 0.05) is 17.2 Å². The Balaban J connectivity index is 1.33. The van der Waals surface area contributed by atoms with Gasteiger partial charge in [-0.25, -0.2) is 22.6 Å². The first kappa shape index (κ1) is 36.6. The summed E-state index contributed by atoms with van der Waals surface area (Å²) in [5, 5.41) is 16.3. The van der Waals surface area contributed by atoms with Gasteiger partial charge in [-0.15, -0.1) is 0 Å². The molecular formula is C35H46FN5O9S. The minimum absolute atomic E-state index is 0.0180. The fourth-order valence-corrected chi connectivity index (χ4v) is 9.29. The van der Waals surface area contributed by atoms with Gasteiger partial charge in [-0.2, -0.15) is 0 Å². The standard InChI is InChI=1S/C35H46FN5O9S/c1-20-8-4-5-9-22-16-35(22,32(44)40-51(47,48)34(19-36)12-13-34)39-29(42)26-15-23(18-41(26)31(43)28(21(2)14-20)38-33(45)46)50-30-25-11-7-6-10-24(25)27(49-3)17-37-30/h6-7,10-11,17,20-23,26,28,38H,4-5,8-9,12-16,18-19H2,1-3H3,(H,39,42)(H,40,44)(H,45,46)/t20?,21-,22-,23-,26+,28+,35-/m1/s1. The third kappa shape index (κ3) is 7.15. The van der Waals surface area contributed by atoms with E-state index in [9.17, 15) is 37.1 Å². The van der Waals surface area contributed by atoms with Gasteiger partial charge < -0.3 is 30.1 Å². The molecule has 7 atom stereocenters. The fraction of sp³-hybridized carbons (Fsp3) is 0.629. The van der Waals surface area contributed by atoms with E-state index in [0.29, 0.717) is 30.4 Å². The largest absolute Gasteiger partial charge is 0.494 e. The maximum atomic E-state index is 14.3. The first-order valence-electron chi connectivity index (χ1n) is 17.6. The van der Waals surface area contributed by atoms with Gasteiger partial charge in [-0.1, -0.05) is 51.3 Å². The number of carbonyl (C=O) groups is 4. The maximum absolute atomic E-state index is 14.3. The summed E-state index contributed by atoms with van der Waals surface area (Å²) in [5.74, 6) is -2.10. The monoisotopic (exact) mass is 731 g/mol. The lowest BCUT2D eigenvalue weighted by Gasteiger charge is -2.32. The number of amides is 4. The molecule has 1 aromatic heterocycles. The highest BCUT2D eigenvalue weighted by molar-refractivity contribution is 7.91. The van der Waals surface area contributed by atoms with Crippen molar-refractivity contribution in [2.75, 3.05) is 20.3 Å². The van der Waals surface area contributed by atoms with Crippen LogP contribution in [0.15, 0.2) is 30.5 Å². The van der Waals surface area contributed by atoms with Crippen LogP contribution in [0.4, 0.5) is 9.18 Å². The van der Waals surface area contributed by atoms with Crippen molar-refractivity contribution < 1.29 is 46.6 Å². The Morgan fingerprint density at radius 2 is 1.82 bits per heavy atom. The van der Waals surface area contributed by atoms with E-state index in [2.05, 4.69) is 20.3 Å². The zero-order valence-corrected chi connectivity index (χ0v) is 29.8. The molecule has 4 aliphatic rings. The van der Waals surface area contributed by atoms with Crippen molar-refractivity contribution in [3.63, 3.8) is 0 Å². The summed E-state index contributed by atoms with van der Waals surface area (Å²) in [6.45, 7) is 2.63. The average molecular weight is 732 g/mol. The highest BCUT2D eigenvalue weighted by Gasteiger charge is 2.64. The lowest BCUT2D eigenvalue weighted by molar-refractivity contribution is -0.142. The lowest BCUT2D eigenvalue weighted by atomic mass is 9.87. The van der Waals surface area contributed by atoms with Gasteiger partial charge in [-0.05, 0) is 55.9 Å². The van der Waals surface area contributed by atoms with Crippen LogP contribution in [0.5, 0.6) is 11.6 Å². The number of aromatic nitrogens is 1. The number of carbonyl (C=O) groups excluding carboxylic acids is 3. The van der Waals surface area contributed by atoms with Crippen molar-refractivity contribution in [2.45, 2.75) is 100 Å². The Morgan fingerprint density at radius 1 is 1.12 bits per heavy atom. The molecule has 3 heterocycles. The molecule has 1 unspecified atom stereocenters. The predicted octanol–water partition coefficient (Wildman–Crippen LogP) is 3.29. The third-order valence-corrected chi connectivity index (χ3v) is 13.3. The van der Waals surface area contributed by atoms with Crippen LogP contribution in [0.1, 0.15) is 71.6 Å². The average Bonchev–Trinajstić information content (AvgIpc) is 4.00. The summed E-state index contributed by atoms with van der Waals surface area (Å²) in [4.78, 5) is 60.1. The smallest absolute Gasteiger partial charge is 0.405 e. The van der Waals surface area contributed by atoms with E-state index in [4.69, 9.17) is 9.47 Å². The van der Waals surface area contributed by atoms with Crippen LogP contribution in [0.3, 0.4) is 0 Å². The second-order valence-electron chi connectivity index (χ2n) is 14.8. The number of methoxy groups -OCH3 is 1. The van der Waals surface area contributed by atoms with Crippen molar-refractivity contribution in [3.05, 3.63) is 30.5 Å². The SMILES string of the molecule is COc1cnc(O[C@@H]2C[C@H]3C(=O)N[C@]4(C(=O)NS(=O)(=O)C5(CF)CC5)C[C@H]4CCCCC(C)C[C@@H](C)[C@H](NC(=O)O)C(=O)N3C2)c2ccccc12. The molecule has 2 aliphatic carbocycles. The molecule has 2 saturated carbocycles. The lowest BCUT2D eigenvalue weighted by Crippen LogP contribution is -2.59. The predicted molar refractivity (Wildman–Crippen MR) is 183 cm³/mol. The van der Waals surface area contributed by atoms with Gasteiger partial charge in [0.15, 0.2) is 0 Å². The van der Waals surface area contributed by atoms with Crippen molar-refractivity contribution in [2.24, 2.45) is 17.8 Å². The Bertz CT molecular complexity index is 1810. The van der Waals surface area contributed by atoms with Crippen LogP contribution in [0.2, 0.25) is 0 Å². The normalized spacial score (nSPS) is 30.9. The summed E-state index contributed by atoms with van der Waals surface area (Å²) in [6.07, 6.45) is 3.09. The van der Waals surface area contributed by atoms with Gasteiger partial charge >= 0.3 is 6.09 Å². The van der Waals surface area contributed by atoms with Gasteiger partial charge in [0.1, 0.15) is 40.9 Å². The molecule has 6 rings (SSSR count). The summed E-state index contributed by atoms with van der Waals surface area (Å²) in [6, 6.07) is 4.94. The number of fused-ring (bicyclic) bond motifs is 3. The van der Waals surface area contributed by atoms with E-state index in [1.54, 1.807) is 13.0 Å². The fourth-order valence-electron chi connectivity index (χ4n) is 7.87. The highest BCUT2D eigenvalue weighted by Crippen LogP contribution is 2.49. The highest BCUT2D eigenvalue weighted by atomic mass is 32.2. The number of carboxylic acid groups (broad SMARTS) is 1. The van der Waals surface area contributed by atoms with Crippen molar-refractivity contribution in [1.82, 2.24) is 25.2 Å². The van der Waals surface area contributed by atoms with Crippen LogP contribution in [0, 0.1) is 17.8 Å². The van der Waals surface area contributed by atoms with Gasteiger partial charge in [0.05, 0.1) is 19.9 Å². The number of hydrogen-bond donors (Lipinski definition) is 4. The molecular weight excluding hydrogens is 685 g/mol. The summed E-state index contributed by atoms with van der Waals surface area (Å²) >= 11 is 0. The molecule has 51 heavy (non-hydrogen) atoms. The van der Waals surface area contributed by atoms with Crippen LogP contribution >= 0.6 is 0 Å². The number of benzene rings is 1. The molecule has 4 fully saturated rings. The zero-order valence-electron chi connectivity index (χ0n) is 29.0. The number of sulfonamides is 1. The molecule has 2 aromatic rings. The summed E-state index contributed by atoms with van der Waals surface area (Å²) < 4.78 is 52.2.